The first-order chi connectivity index (χ1) is 6.75. The molecule has 1 fully saturated rings. The minimum absolute atomic E-state index is 0.180. The molecule has 4 heteroatoms. The van der Waals surface area contributed by atoms with Crippen LogP contribution in [0.5, 0.6) is 0 Å². The highest BCUT2D eigenvalue weighted by molar-refractivity contribution is 4.89. The van der Waals surface area contributed by atoms with Gasteiger partial charge in [-0.15, -0.1) is 10.2 Å². The average molecular weight is 195 g/mol. The largest absolute Gasteiger partial charge is 0.424 e. The first-order valence-corrected chi connectivity index (χ1v) is 5.32. The molecule has 1 atom stereocenters. The fourth-order valence-corrected chi connectivity index (χ4v) is 2.00. The summed E-state index contributed by atoms with van der Waals surface area (Å²) in [6, 6.07) is 0.816. The van der Waals surface area contributed by atoms with Gasteiger partial charge in [0.1, 0.15) is 0 Å². The highest BCUT2D eigenvalue weighted by Crippen LogP contribution is 2.21. The van der Waals surface area contributed by atoms with Crippen LogP contribution in [0, 0.1) is 6.92 Å². The molecule has 1 N–H and O–H groups in total. The summed E-state index contributed by atoms with van der Waals surface area (Å²) in [4.78, 5) is 0. The summed E-state index contributed by atoms with van der Waals surface area (Å²) in [5.41, 5.74) is 0. The molecule has 2 rings (SSSR count). The number of nitrogens with zero attached hydrogens (tertiary/aromatic N) is 2. The van der Waals surface area contributed by atoms with Crippen molar-refractivity contribution in [1.29, 1.82) is 0 Å². The molecule has 0 amide bonds. The lowest BCUT2D eigenvalue weighted by Gasteiger charge is -2.15. The lowest BCUT2D eigenvalue weighted by Crippen LogP contribution is -2.29. The van der Waals surface area contributed by atoms with E-state index < -0.39 is 0 Å². The van der Waals surface area contributed by atoms with Crippen LogP contribution >= 0.6 is 0 Å². The van der Waals surface area contributed by atoms with Gasteiger partial charge in [0.05, 0.1) is 6.04 Å². The number of aryl methyl sites for hydroxylation is 1. The Balaban J connectivity index is 1.91. The molecule has 78 valence electrons. The Morgan fingerprint density at radius 1 is 1.36 bits per heavy atom. The molecular weight excluding hydrogens is 178 g/mol. The number of nitrogens with one attached hydrogen (secondary N) is 1. The summed E-state index contributed by atoms with van der Waals surface area (Å²) in [6.45, 7) is 3.89. The van der Waals surface area contributed by atoms with Crippen LogP contribution in [0.3, 0.4) is 0 Å². The molecule has 1 aliphatic rings. The molecule has 1 aromatic heterocycles. The summed E-state index contributed by atoms with van der Waals surface area (Å²) < 4.78 is 5.37. The van der Waals surface area contributed by atoms with E-state index in [4.69, 9.17) is 4.42 Å². The highest BCUT2D eigenvalue weighted by atomic mass is 16.4. The van der Waals surface area contributed by atoms with Crippen molar-refractivity contribution in [1.82, 2.24) is 15.5 Å². The van der Waals surface area contributed by atoms with Crippen LogP contribution in [0.2, 0.25) is 0 Å². The van der Waals surface area contributed by atoms with Crippen molar-refractivity contribution in [2.24, 2.45) is 0 Å². The molecule has 0 saturated heterocycles. The Hall–Kier alpha value is -0.900. The highest BCUT2D eigenvalue weighted by Gasteiger charge is 2.20. The third-order valence-corrected chi connectivity index (χ3v) is 2.75. The van der Waals surface area contributed by atoms with Gasteiger partial charge in [-0.2, -0.15) is 0 Å². The fourth-order valence-electron chi connectivity index (χ4n) is 2.00. The molecule has 0 radical (unpaired) electrons. The van der Waals surface area contributed by atoms with E-state index in [1.807, 2.05) is 6.92 Å². The average Bonchev–Trinajstić information content (AvgIpc) is 2.75. The van der Waals surface area contributed by atoms with Crippen molar-refractivity contribution in [2.75, 3.05) is 0 Å². The molecule has 1 aliphatic carbocycles. The Morgan fingerprint density at radius 2 is 2.07 bits per heavy atom. The van der Waals surface area contributed by atoms with Gasteiger partial charge in [-0.05, 0) is 19.8 Å². The van der Waals surface area contributed by atoms with Crippen molar-refractivity contribution in [2.45, 2.75) is 51.6 Å². The number of hydrogen-bond donors (Lipinski definition) is 1. The molecule has 0 aliphatic heterocycles. The van der Waals surface area contributed by atoms with E-state index in [0.717, 1.165) is 0 Å². The SMILES string of the molecule is Cc1nnc(C(C)NC2CCCC2)o1. The number of rotatable bonds is 3. The number of aromatic nitrogens is 2. The second-order valence-corrected chi connectivity index (χ2v) is 4.03. The van der Waals surface area contributed by atoms with Crippen molar-refractivity contribution in [3.63, 3.8) is 0 Å². The molecule has 14 heavy (non-hydrogen) atoms. The predicted octanol–water partition coefficient (Wildman–Crippen LogP) is 1.97. The normalized spacial score (nSPS) is 20.1. The Bertz CT molecular complexity index is 291. The van der Waals surface area contributed by atoms with Gasteiger partial charge >= 0.3 is 0 Å². The van der Waals surface area contributed by atoms with Crippen LogP contribution < -0.4 is 5.32 Å². The van der Waals surface area contributed by atoms with E-state index in [1.54, 1.807) is 0 Å². The van der Waals surface area contributed by atoms with Crippen LogP contribution in [0.15, 0.2) is 4.42 Å². The minimum Gasteiger partial charge on any atom is -0.424 e. The van der Waals surface area contributed by atoms with E-state index in [2.05, 4.69) is 22.4 Å². The first-order valence-electron chi connectivity index (χ1n) is 5.32. The molecule has 0 spiro atoms. The lowest BCUT2D eigenvalue weighted by molar-refractivity contribution is 0.370. The molecule has 0 bridgehead atoms. The Labute approximate surface area is 84.1 Å². The van der Waals surface area contributed by atoms with Gasteiger partial charge in [0.25, 0.3) is 0 Å². The Kier molecular flexibility index (Phi) is 2.82. The second kappa shape index (κ2) is 4.09. The monoisotopic (exact) mass is 195 g/mol. The minimum atomic E-state index is 0.180. The van der Waals surface area contributed by atoms with Gasteiger partial charge in [-0.25, -0.2) is 0 Å². The first kappa shape index (κ1) is 9.65. The van der Waals surface area contributed by atoms with Crippen LogP contribution in [0.4, 0.5) is 0 Å². The third-order valence-electron chi connectivity index (χ3n) is 2.75. The summed E-state index contributed by atoms with van der Waals surface area (Å²) in [5, 5.41) is 11.3. The Morgan fingerprint density at radius 3 is 2.64 bits per heavy atom. The van der Waals surface area contributed by atoms with E-state index >= 15 is 0 Å². The quantitative estimate of drug-likeness (QED) is 0.801. The van der Waals surface area contributed by atoms with Gasteiger partial charge < -0.3 is 9.73 Å². The van der Waals surface area contributed by atoms with E-state index in [9.17, 15) is 0 Å². The number of hydrogen-bond acceptors (Lipinski definition) is 4. The molecule has 1 unspecified atom stereocenters. The van der Waals surface area contributed by atoms with Crippen LogP contribution in [-0.4, -0.2) is 16.2 Å². The van der Waals surface area contributed by atoms with Crippen molar-refractivity contribution >= 4 is 0 Å². The zero-order valence-electron chi connectivity index (χ0n) is 8.79. The predicted molar refractivity (Wildman–Crippen MR) is 52.8 cm³/mol. The smallest absolute Gasteiger partial charge is 0.233 e. The van der Waals surface area contributed by atoms with E-state index in [-0.39, 0.29) is 6.04 Å². The molecule has 1 aromatic rings. The van der Waals surface area contributed by atoms with Gasteiger partial charge in [0.15, 0.2) is 0 Å². The van der Waals surface area contributed by atoms with Gasteiger partial charge in [-0.3, -0.25) is 0 Å². The maximum Gasteiger partial charge on any atom is 0.233 e. The van der Waals surface area contributed by atoms with Crippen LogP contribution in [-0.2, 0) is 0 Å². The van der Waals surface area contributed by atoms with Crippen molar-refractivity contribution < 1.29 is 4.42 Å². The van der Waals surface area contributed by atoms with Gasteiger partial charge in [0, 0.05) is 13.0 Å². The third kappa shape index (κ3) is 2.12. The molecule has 4 nitrogen and oxygen atoms in total. The van der Waals surface area contributed by atoms with Crippen LogP contribution in [0.1, 0.15) is 50.4 Å². The van der Waals surface area contributed by atoms with Gasteiger partial charge in [0.2, 0.25) is 11.8 Å². The molecular formula is C10H17N3O. The van der Waals surface area contributed by atoms with Gasteiger partial charge in [-0.1, -0.05) is 12.8 Å². The zero-order chi connectivity index (χ0) is 9.97. The fraction of sp³-hybridized carbons (Fsp3) is 0.800. The maximum atomic E-state index is 5.37. The zero-order valence-corrected chi connectivity index (χ0v) is 8.79. The topological polar surface area (TPSA) is 51.0 Å². The summed E-state index contributed by atoms with van der Waals surface area (Å²) >= 11 is 0. The second-order valence-electron chi connectivity index (χ2n) is 4.03. The molecule has 1 saturated carbocycles. The van der Waals surface area contributed by atoms with Crippen LogP contribution in [0.25, 0.3) is 0 Å². The maximum absolute atomic E-state index is 5.37. The van der Waals surface area contributed by atoms with E-state index in [1.165, 1.54) is 25.7 Å². The summed E-state index contributed by atoms with van der Waals surface area (Å²) in [7, 11) is 0. The van der Waals surface area contributed by atoms with Crippen molar-refractivity contribution in [3.8, 4) is 0 Å². The lowest BCUT2D eigenvalue weighted by atomic mass is 10.2. The van der Waals surface area contributed by atoms with Crippen molar-refractivity contribution in [3.05, 3.63) is 11.8 Å². The molecule has 1 heterocycles. The standard InChI is InChI=1S/C10H17N3O/c1-7(10-13-12-8(2)14-10)11-9-5-3-4-6-9/h7,9,11H,3-6H2,1-2H3. The summed E-state index contributed by atoms with van der Waals surface area (Å²) in [6.07, 6.45) is 5.23. The summed E-state index contributed by atoms with van der Waals surface area (Å²) in [5.74, 6) is 1.34. The van der Waals surface area contributed by atoms with E-state index in [0.29, 0.717) is 17.8 Å². The molecule has 0 aromatic carbocycles.